The molecule has 1 heterocycles. The first kappa shape index (κ1) is 9.15. The summed E-state index contributed by atoms with van der Waals surface area (Å²) in [4.78, 5) is 3.95. The van der Waals surface area contributed by atoms with Crippen LogP contribution in [-0.4, -0.2) is 19.7 Å². The largest absolute Gasteiger partial charge is 0.260 e. The summed E-state index contributed by atoms with van der Waals surface area (Å²) in [6.45, 7) is 0.250. The summed E-state index contributed by atoms with van der Waals surface area (Å²) in [6.07, 6.45) is 2.75. The lowest BCUT2D eigenvalue weighted by molar-refractivity contribution is 0.586. The highest BCUT2D eigenvalue weighted by molar-refractivity contribution is 7.88. The van der Waals surface area contributed by atoms with E-state index in [1.165, 1.54) is 0 Å². The van der Waals surface area contributed by atoms with Gasteiger partial charge in [-0.15, -0.1) is 0 Å². The molecule has 0 spiro atoms. The molecule has 12 heavy (non-hydrogen) atoms. The molecule has 0 saturated heterocycles. The standard InChI is InChI=1S/C7H10N2O2S/c1-12(10,11)9-6-7-4-2-3-5-8-7/h2-5,9H,6H2,1H3. The monoisotopic (exact) mass is 186 g/mol. The van der Waals surface area contributed by atoms with Gasteiger partial charge in [0.2, 0.25) is 10.0 Å². The van der Waals surface area contributed by atoms with Gasteiger partial charge >= 0.3 is 0 Å². The zero-order chi connectivity index (χ0) is 9.03. The Morgan fingerprint density at radius 2 is 2.25 bits per heavy atom. The van der Waals surface area contributed by atoms with E-state index in [2.05, 4.69) is 9.71 Å². The molecule has 1 rings (SSSR count). The molecule has 1 aromatic heterocycles. The summed E-state index contributed by atoms with van der Waals surface area (Å²) < 4.78 is 23.7. The van der Waals surface area contributed by atoms with Crippen molar-refractivity contribution in [2.45, 2.75) is 6.54 Å². The third-order valence-corrected chi connectivity index (χ3v) is 1.91. The van der Waals surface area contributed by atoms with E-state index in [0.29, 0.717) is 5.69 Å². The quantitative estimate of drug-likeness (QED) is 0.730. The fourth-order valence-corrected chi connectivity index (χ4v) is 1.12. The third-order valence-electron chi connectivity index (χ3n) is 1.24. The molecule has 5 heteroatoms. The van der Waals surface area contributed by atoms with Crippen LogP contribution in [0.15, 0.2) is 24.4 Å². The third kappa shape index (κ3) is 3.45. The second kappa shape index (κ2) is 3.64. The predicted octanol–water partition coefficient (Wildman–Crippen LogP) is 0.131. The van der Waals surface area contributed by atoms with Gasteiger partial charge in [-0.2, -0.15) is 0 Å². The van der Waals surface area contributed by atoms with Gasteiger partial charge in [0.15, 0.2) is 0 Å². The Labute approximate surface area is 71.7 Å². The van der Waals surface area contributed by atoms with E-state index >= 15 is 0 Å². The van der Waals surface area contributed by atoms with Gasteiger partial charge in [-0.25, -0.2) is 13.1 Å². The van der Waals surface area contributed by atoms with Crippen molar-refractivity contribution in [3.8, 4) is 0 Å². The second-order valence-electron chi connectivity index (χ2n) is 2.41. The normalized spacial score (nSPS) is 11.4. The van der Waals surface area contributed by atoms with Crippen LogP contribution >= 0.6 is 0 Å². The van der Waals surface area contributed by atoms with Gasteiger partial charge < -0.3 is 0 Å². The van der Waals surface area contributed by atoms with E-state index in [4.69, 9.17) is 0 Å². The first-order chi connectivity index (χ1) is 5.58. The van der Waals surface area contributed by atoms with Gasteiger partial charge in [0.1, 0.15) is 0 Å². The van der Waals surface area contributed by atoms with Gasteiger partial charge in [0.05, 0.1) is 18.5 Å². The molecule has 66 valence electrons. The van der Waals surface area contributed by atoms with Gasteiger partial charge in [-0.05, 0) is 12.1 Å². The van der Waals surface area contributed by atoms with Gasteiger partial charge in [-0.1, -0.05) is 6.07 Å². The zero-order valence-corrected chi connectivity index (χ0v) is 7.50. The fraction of sp³-hybridized carbons (Fsp3) is 0.286. The van der Waals surface area contributed by atoms with E-state index in [0.717, 1.165) is 6.26 Å². The molecule has 0 atom stereocenters. The minimum Gasteiger partial charge on any atom is -0.260 e. The molecule has 0 bridgehead atoms. The Morgan fingerprint density at radius 3 is 2.75 bits per heavy atom. The number of nitrogens with one attached hydrogen (secondary N) is 1. The molecule has 0 radical (unpaired) electrons. The van der Waals surface area contributed by atoms with Crippen molar-refractivity contribution in [3.05, 3.63) is 30.1 Å². The summed E-state index contributed by atoms with van der Waals surface area (Å²) in [5, 5.41) is 0. The molecule has 0 aliphatic rings. The van der Waals surface area contributed by atoms with Crippen molar-refractivity contribution >= 4 is 10.0 Å². The predicted molar refractivity (Wildman–Crippen MR) is 45.9 cm³/mol. The average Bonchev–Trinajstić information content (AvgIpc) is 2.02. The van der Waals surface area contributed by atoms with Crippen LogP contribution < -0.4 is 4.72 Å². The first-order valence-electron chi connectivity index (χ1n) is 3.42. The molecule has 1 N–H and O–H groups in total. The maximum absolute atomic E-state index is 10.7. The number of pyridine rings is 1. The zero-order valence-electron chi connectivity index (χ0n) is 6.69. The van der Waals surface area contributed by atoms with Crippen LogP contribution in [0.2, 0.25) is 0 Å². The van der Waals surface area contributed by atoms with E-state index in [9.17, 15) is 8.42 Å². The maximum atomic E-state index is 10.7. The lowest BCUT2D eigenvalue weighted by atomic mass is 10.4. The Hall–Kier alpha value is -0.940. The van der Waals surface area contributed by atoms with Crippen LogP contribution in [0.25, 0.3) is 0 Å². The SMILES string of the molecule is CS(=O)(=O)NCc1ccccn1. The molecule has 0 aliphatic carbocycles. The van der Waals surface area contributed by atoms with Crippen LogP contribution in [0.3, 0.4) is 0 Å². The highest BCUT2D eigenvalue weighted by atomic mass is 32.2. The summed E-state index contributed by atoms with van der Waals surface area (Å²) in [5.41, 5.74) is 0.711. The maximum Gasteiger partial charge on any atom is 0.209 e. The molecule has 1 aromatic rings. The number of sulfonamides is 1. The van der Waals surface area contributed by atoms with Crippen LogP contribution in [0.1, 0.15) is 5.69 Å². The fourth-order valence-electron chi connectivity index (χ4n) is 0.708. The minimum atomic E-state index is -3.11. The van der Waals surface area contributed by atoms with Crippen LogP contribution in [0.4, 0.5) is 0 Å². The van der Waals surface area contributed by atoms with Gasteiger partial charge in [0.25, 0.3) is 0 Å². The van der Waals surface area contributed by atoms with Crippen LogP contribution in [-0.2, 0) is 16.6 Å². The lowest BCUT2D eigenvalue weighted by Crippen LogP contribution is -2.21. The van der Waals surface area contributed by atoms with E-state index in [1.54, 1.807) is 18.3 Å². The van der Waals surface area contributed by atoms with Crippen molar-refractivity contribution in [1.29, 1.82) is 0 Å². The molecule has 0 saturated carbocycles. The van der Waals surface area contributed by atoms with Crippen molar-refractivity contribution in [2.75, 3.05) is 6.26 Å². The smallest absolute Gasteiger partial charge is 0.209 e. The topological polar surface area (TPSA) is 59.1 Å². The van der Waals surface area contributed by atoms with Gasteiger partial charge in [0, 0.05) is 6.20 Å². The number of hydrogen-bond donors (Lipinski definition) is 1. The molecular weight excluding hydrogens is 176 g/mol. The highest BCUT2D eigenvalue weighted by Crippen LogP contribution is 1.92. The van der Waals surface area contributed by atoms with E-state index in [-0.39, 0.29) is 6.54 Å². The number of hydrogen-bond acceptors (Lipinski definition) is 3. The minimum absolute atomic E-state index is 0.250. The molecule has 0 aromatic carbocycles. The molecular formula is C7H10N2O2S. The molecule has 0 fully saturated rings. The van der Waals surface area contributed by atoms with Crippen molar-refractivity contribution in [2.24, 2.45) is 0 Å². The van der Waals surface area contributed by atoms with Gasteiger partial charge in [-0.3, -0.25) is 4.98 Å². The van der Waals surface area contributed by atoms with Crippen molar-refractivity contribution in [3.63, 3.8) is 0 Å². The summed E-state index contributed by atoms with van der Waals surface area (Å²) in [7, 11) is -3.11. The number of rotatable bonds is 3. The average molecular weight is 186 g/mol. The van der Waals surface area contributed by atoms with Crippen molar-refractivity contribution < 1.29 is 8.42 Å². The molecule has 0 unspecified atom stereocenters. The second-order valence-corrected chi connectivity index (χ2v) is 4.25. The first-order valence-corrected chi connectivity index (χ1v) is 5.31. The van der Waals surface area contributed by atoms with E-state index in [1.807, 2.05) is 6.07 Å². The van der Waals surface area contributed by atoms with Crippen molar-refractivity contribution in [1.82, 2.24) is 9.71 Å². The Morgan fingerprint density at radius 1 is 1.50 bits per heavy atom. The van der Waals surface area contributed by atoms with E-state index < -0.39 is 10.0 Å². The molecule has 0 amide bonds. The highest BCUT2D eigenvalue weighted by Gasteiger charge is 1.99. The number of nitrogens with zero attached hydrogens (tertiary/aromatic N) is 1. The summed E-state index contributed by atoms with van der Waals surface area (Å²) in [5.74, 6) is 0. The summed E-state index contributed by atoms with van der Waals surface area (Å²) >= 11 is 0. The van der Waals surface area contributed by atoms with Crippen LogP contribution in [0.5, 0.6) is 0 Å². The molecule has 4 nitrogen and oxygen atoms in total. The number of aromatic nitrogens is 1. The summed E-state index contributed by atoms with van der Waals surface area (Å²) in [6, 6.07) is 5.36. The Balaban J connectivity index is 2.56. The Kier molecular flexibility index (Phi) is 2.78. The van der Waals surface area contributed by atoms with Crippen LogP contribution in [0, 0.1) is 0 Å². The lowest BCUT2D eigenvalue weighted by Gasteiger charge is -1.99. The molecule has 0 aliphatic heterocycles. The Bertz CT molecular complexity index is 334.